The van der Waals surface area contributed by atoms with Crippen LogP contribution >= 0.6 is 0 Å². The third-order valence-electron chi connectivity index (χ3n) is 2.39. The second-order valence-electron chi connectivity index (χ2n) is 4.01. The Morgan fingerprint density at radius 1 is 1.17 bits per heavy atom. The van der Waals surface area contributed by atoms with E-state index in [-0.39, 0.29) is 24.5 Å². The highest BCUT2D eigenvalue weighted by Gasteiger charge is 2.05. The van der Waals surface area contributed by atoms with Gasteiger partial charge in [-0.1, -0.05) is 30.3 Å². The third-order valence-corrected chi connectivity index (χ3v) is 3.19. The standard InChI is InChI=1S/C12H17NO4S/c14-12(8-4-5-9-18(15,16)17)13-10-11-6-2-1-3-7-11/h1-3,6-7H,4-5,8-10H2,(H,13,14)(H,15,16,17). The molecule has 0 unspecified atom stereocenters. The predicted molar refractivity (Wildman–Crippen MR) is 68.6 cm³/mol. The molecule has 0 spiro atoms. The summed E-state index contributed by atoms with van der Waals surface area (Å²) in [7, 11) is -3.91. The van der Waals surface area contributed by atoms with Crippen LogP contribution in [0.1, 0.15) is 24.8 Å². The lowest BCUT2D eigenvalue weighted by atomic mass is 10.2. The molecule has 0 saturated carbocycles. The molecule has 0 aromatic heterocycles. The molecule has 0 aliphatic carbocycles. The van der Waals surface area contributed by atoms with Gasteiger partial charge in [-0.3, -0.25) is 9.35 Å². The molecule has 0 heterocycles. The number of nitrogens with one attached hydrogen (secondary N) is 1. The van der Waals surface area contributed by atoms with Crippen molar-refractivity contribution in [2.45, 2.75) is 25.8 Å². The molecule has 0 aliphatic rings. The van der Waals surface area contributed by atoms with Gasteiger partial charge in [0.15, 0.2) is 0 Å². The summed E-state index contributed by atoms with van der Waals surface area (Å²) in [5, 5.41) is 2.75. The molecule has 1 rings (SSSR count). The van der Waals surface area contributed by atoms with Gasteiger partial charge in [-0.25, -0.2) is 0 Å². The molecule has 1 aromatic carbocycles. The van der Waals surface area contributed by atoms with E-state index in [4.69, 9.17) is 4.55 Å². The molecule has 2 N–H and O–H groups in total. The summed E-state index contributed by atoms with van der Waals surface area (Å²) in [4.78, 5) is 11.4. The number of unbranched alkanes of at least 4 members (excludes halogenated alkanes) is 1. The number of carbonyl (C=O) groups excluding carboxylic acids is 1. The second kappa shape index (κ2) is 7.13. The highest BCUT2D eigenvalue weighted by Crippen LogP contribution is 2.00. The molecule has 6 heteroatoms. The predicted octanol–water partition coefficient (Wildman–Crippen LogP) is 1.36. The minimum absolute atomic E-state index is 0.116. The van der Waals surface area contributed by atoms with Crippen LogP contribution in [0.5, 0.6) is 0 Å². The zero-order chi connectivity index (χ0) is 13.4. The Balaban J connectivity index is 2.15. The molecule has 100 valence electrons. The van der Waals surface area contributed by atoms with Crippen molar-refractivity contribution in [1.29, 1.82) is 0 Å². The van der Waals surface area contributed by atoms with Gasteiger partial charge >= 0.3 is 0 Å². The summed E-state index contributed by atoms with van der Waals surface area (Å²) >= 11 is 0. The molecule has 0 bridgehead atoms. The molecular weight excluding hydrogens is 254 g/mol. The summed E-state index contributed by atoms with van der Waals surface area (Å²) < 4.78 is 29.4. The van der Waals surface area contributed by atoms with Crippen molar-refractivity contribution in [3.8, 4) is 0 Å². The molecule has 1 aromatic rings. The van der Waals surface area contributed by atoms with Crippen molar-refractivity contribution < 1.29 is 17.8 Å². The lowest BCUT2D eigenvalue weighted by Crippen LogP contribution is -2.22. The van der Waals surface area contributed by atoms with Crippen LogP contribution in [-0.2, 0) is 21.5 Å². The molecule has 0 saturated heterocycles. The van der Waals surface area contributed by atoms with Crippen molar-refractivity contribution in [2.75, 3.05) is 5.75 Å². The van der Waals surface area contributed by atoms with Gasteiger partial charge < -0.3 is 5.32 Å². The van der Waals surface area contributed by atoms with Crippen molar-refractivity contribution in [2.24, 2.45) is 0 Å². The summed E-state index contributed by atoms with van der Waals surface area (Å²) in [6.07, 6.45) is 1.00. The Morgan fingerprint density at radius 3 is 2.44 bits per heavy atom. The Hall–Kier alpha value is -1.40. The van der Waals surface area contributed by atoms with Crippen LogP contribution in [0.2, 0.25) is 0 Å². The molecular formula is C12H17NO4S. The smallest absolute Gasteiger partial charge is 0.264 e. The fourth-order valence-electron chi connectivity index (χ4n) is 1.45. The van der Waals surface area contributed by atoms with Crippen LogP contribution in [0, 0.1) is 0 Å². The lowest BCUT2D eigenvalue weighted by molar-refractivity contribution is -0.121. The Bertz CT molecular complexity index is 470. The lowest BCUT2D eigenvalue weighted by Gasteiger charge is -2.04. The van der Waals surface area contributed by atoms with Gasteiger partial charge in [-0.05, 0) is 18.4 Å². The first-order valence-corrected chi connectivity index (χ1v) is 7.34. The Kier molecular flexibility index (Phi) is 5.80. The van der Waals surface area contributed by atoms with Crippen LogP contribution in [0.15, 0.2) is 30.3 Å². The van der Waals surface area contributed by atoms with Gasteiger partial charge in [-0.15, -0.1) is 0 Å². The number of hydrogen-bond donors (Lipinski definition) is 2. The largest absolute Gasteiger partial charge is 0.352 e. The van der Waals surface area contributed by atoms with Crippen LogP contribution in [0.4, 0.5) is 0 Å². The first-order valence-electron chi connectivity index (χ1n) is 5.73. The summed E-state index contributed by atoms with van der Waals surface area (Å²) in [6.45, 7) is 0.470. The van der Waals surface area contributed by atoms with Gasteiger partial charge in [0.2, 0.25) is 5.91 Å². The van der Waals surface area contributed by atoms with Gasteiger partial charge in [-0.2, -0.15) is 8.42 Å². The van der Waals surface area contributed by atoms with Gasteiger partial charge in [0, 0.05) is 13.0 Å². The Labute approximate surface area is 107 Å². The molecule has 0 radical (unpaired) electrons. The topological polar surface area (TPSA) is 83.5 Å². The van der Waals surface area contributed by atoms with Crippen molar-refractivity contribution in [3.63, 3.8) is 0 Å². The summed E-state index contributed by atoms with van der Waals surface area (Å²) in [5.41, 5.74) is 1.02. The van der Waals surface area contributed by atoms with E-state index in [1.807, 2.05) is 30.3 Å². The number of hydrogen-bond acceptors (Lipinski definition) is 3. The van der Waals surface area contributed by atoms with Crippen molar-refractivity contribution in [3.05, 3.63) is 35.9 Å². The molecule has 18 heavy (non-hydrogen) atoms. The fraction of sp³-hybridized carbons (Fsp3) is 0.417. The van der Waals surface area contributed by atoms with E-state index >= 15 is 0 Å². The minimum atomic E-state index is -3.91. The fourth-order valence-corrected chi connectivity index (χ4v) is 2.02. The molecule has 5 nitrogen and oxygen atoms in total. The highest BCUT2D eigenvalue weighted by atomic mass is 32.2. The van der Waals surface area contributed by atoms with E-state index in [1.54, 1.807) is 0 Å². The van der Waals surface area contributed by atoms with Crippen LogP contribution < -0.4 is 5.32 Å². The number of benzene rings is 1. The van der Waals surface area contributed by atoms with Gasteiger partial charge in [0.1, 0.15) is 0 Å². The molecule has 0 atom stereocenters. The maximum absolute atomic E-state index is 11.4. The maximum atomic E-state index is 11.4. The average molecular weight is 271 g/mol. The number of amides is 1. The van der Waals surface area contributed by atoms with E-state index in [1.165, 1.54) is 0 Å². The SMILES string of the molecule is O=C(CCCCS(=O)(=O)O)NCc1ccccc1. The van der Waals surface area contributed by atoms with Crippen molar-refractivity contribution >= 4 is 16.0 Å². The van der Waals surface area contributed by atoms with Crippen LogP contribution in [-0.4, -0.2) is 24.6 Å². The van der Waals surface area contributed by atoms with E-state index in [0.717, 1.165) is 5.56 Å². The molecule has 0 aliphatic heterocycles. The summed E-state index contributed by atoms with van der Waals surface area (Å²) in [6, 6.07) is 9.53. The third kappa shape index (κ3) is 7.03. The second-order valence-corrected chi connectivity index (χ2v) is 5.58. The zero-order valence-corrected chi connectivity index (χ0v) is 10.8. The van der Waals surface area contributed by atoms with Gasteiger partial charge in [0.05, 0.1) is 5.75 Å². The number of rotatable bonds is 7. The molecule has 0 fully saturated rings. The van der Waals surface area contributed by atoms with Crippen molar-refractivity contribution in [1.82, 2.24) is 5.32 Å². The van der Waals surface area contributed by atoms with Crippen LogP contribution in [0.3, 0.4) is 0 Å². The monoisotopic (exact) mass is 271 g/mol. The van der Waals surface area contributed by atoms with Gasteiger partial charge in [0.25, 0.3) is 10.1 Å². The van der Waals surface area contributed by atoms with E-state index in [0.29, 0.717) is 13.0 Å². The zero-order valence-electron chi connectivity index (χ0n) is 10.0. The van der Waals surface area contributed by atoms with E-state index in [2.05, 4.69) is 5.32 Å². The van der Waals surface area contributed by atoms with E-state index < -0.39 is 10.1 Å². The number of carbonyl (C=O) groups is 1. The first kappa shape index (κ1) is 14.7. The maximum Gasteiger partial charge on any atom is 0.264 e. The molecule has 1 amide bonds. The Morgan fingerprint density at radius 2 is 1.83 bits per heavy atom. The highest BCUT2D eigenvalue weighted by molar-refractivity contribution is 7.85. The van der Waals surface area contributed by atoms with Crippen LogP contribution in [0.25, 0.3) is 0 Å². The average Bonchev–Trinajstić information content (AvgIpc) is 2.32. The quantitative estimate of drug-likeness (QED) is 0.579. The first-order chi connectivity index (χ1) is 8.47. The normalized spacial score (nSPS) is 11.2. The summed E-state index contributed by atoms with van der Waals surface area (Å²) in [5.74, 6) is -0.409. The minimum Gasteiger partial charge on any atom is -0.352 e. The van der Waals surface area contributed by atoms with E-state index in [9.17, 15) is 13.2 Å².